The molecule has 150 valence electrons. The molecule has 0 saturated carbocycles. The molecule has 2 aromatic carbocycles. The van der Waals surface area contributed by atoms with Crippen molar-refractivity contribution in [1.82, 2.24) is 0 Å². The summed E-state index contributed by atoms with van der Waals surface area (Å²) in [5.74, 6) is 0.708. The number of rotatable bonds is 8. The van der Waals surface area contributed by atoms with Crippen molar-refractivity contribution < 1.29 is 18.7 Å². The van der Waals surface area contributed by atoms with Gasteiger partial charge in [-0.2, -0.15) is 0 Å². The van der Waals surface area contributed by atoms with Crippen molar-refractivity contribution in [3.63, 3.8) is 0 Å². The minimum Gasteiger partial charge on any atom is -0.484 e. The number of anilines is 2. The van der Waals surface area contributed by atoms with Crippen LogP contribution in [0.5, 0.6) is 5.75 Å². The van der Waals surface area contributed by atoms with Crippen molar-refractivity contribution in [2.75, 3.05) is 17.2 Å². The van der Waals surface area contributed by atoms with Crippen molar-refractivity contribution >= 4 is 23.2 Å². The molecule has 3 rings (SSSR count). The Hall–Kier alpha value is -3.54. The number of carbonyl (C=O) groups is 2. The molecule has 0 aliphatic rings. The number of amides is 2. The van der Waals surface area contributed by atoms with Crippen LogP contribution in [0.1, 0.15) is 42.3 Å². The van der Waals surface area contributed by atoms with E-state index in [-0.39, 0.29) is 24.2 Å². The van der Waals surface area contributed by atoms with Gasteiger partial charge < -0.3 is 19.8 Å². The fourth-order valence-electron chi connectivity index (χ4n) is 2.75. The van der Waals surface area contributed by atoms with Crippen LogP contribution in [0.3, 0.4) is 0 Å². The molecule has 1 atom stereocenters. The predicted octanol–water partition coefficient (Wildman–Crippen LogP) is 5.06. The highest BCUT2D eigenvalue weighted by Crippen LogP contribution is 2.21. The lowest BCUT2D eigenvalue weighted by molar-refractivity contribution is -0.118. The third kappa shape index (κ3) is 5.72. The zero-order valence-corrected chi connectivity index (χ0v) is 16.5. The summed E-state index contributed by atoms with van der Waals surface area (Å²) in [6, 6.07) is 17.9. The van der Waals surface area contributed by atoms with Gasteiger partial charge in [-0.25, -0.2) is 0 Å². The van der Waals surface area contributed by atoms with E-state index in [0.717, 1.165) is 6.42 Å². The molecule has 0 saturated heterocycles. The Bertz CT molecular complexity index is 949. The first-order valence-electron chi connectivity index (χ1n) is 9.52. The molecule has 2 N–H and O–H groups in total. The van der Waals surface area contributed by atoms with Gasteiger partial charge in [0, 0.05) is 11.4 Å². The van der Waals surface area contributed by atoms with Gasteiger partial charge in [-0.1, -0.05) is 32.0 Å². The monoisotopic (exact) mass is 392 g/mol. The zero-order chi connectivity index (χ0) is 20.6. The zero-order valence-electron chi connectivity index (χ0n) is 16.5. The second-order valence-electron chi connectivity index (χ2n) is 6.73. The summed E-state index contributed by atoms with van der Waals surface area (Å²) in [5.41, 5.74) is 2.35. The number of nitrogens with one attached hydrogen (secondary N) is 2. The lowest BCUT2D eigenvalue weighted by Crippen LogP contribution is -2.20. The van der Waals surface area contributed by atoms with E-state index in [1.54, 1.807) is 36.4 Å². The first-order valence-corrected chi connectivity index (χ1v) is 9.52. The topological polar surface area (TPSA) is 80.6 Å². The van der Waals surface area contributed by atoms with E-state index in [1.807, 2.05) is 24.3 Å². The van der Waals surface area contributed by atoms with Gasteiger partial charge in [0.25, 0.3) is 11.8 Å². The van der Waals surface area contributed by atoms with E-state index < -0.39 is 0 Å². The van der Waals surface area contributed by atoms with Crippen LogP contribution in [0.4, 0.5) is 11.4 Å². The van der Waals surface area contributed by atoms with E-state index in [4.69, 9.17) is 9.15 Å². The molecule has 0 radical (unpaired) electrons. The number of carbonyl (C=O) groups excluding carboxylic acids is 2. The van der Waals surface area contributed by atoms with Crippen LogP contribution in [0, 0.1) is 0 Å². The van der Waals surface area contributed by atoms with Crippen molar-refractivity contribution in [2.45, 2.75) is 26.2 Å². The Morgan fingerprint density at radius 1 is 1.00 bits per heavy atom. The van der Waals surface area contributed by atoms with Gasteiger partial charge in [0.2, 0.25) is 0 Å². The summed E-state index contributed by atoms with van der Waals surface area (Å²) in [6.07, 6.45) is 2.51. The molecule has 2 amide bonds. The normalized spacial score (nSPS) is 11.5. The molecule has 29 heavy (non-hydrogen) atoms. The van der Waals surface area contributed by atoms with Crippen LogP contribution >= 0.6 is 0 Å². The van der Waals surface area contributed by atoms with E-state index in [2.05, 4.69) is 24.5 Å². The van der Waals surface area contributed by atoms with Crippen LogP contribution in [0.2, 0.25) is 0 Å². The number of ether oxygens (including phenoxy) is 1. The standard InChI is InChI=1S/C23H24N2O4/c1-3-16(2)17-9-11-20(12-10-17)29-15-22(26)24-18-6-4-7-19(14-18)25-23(27)21-8-5-13-28-21/h4-14,16H,3,15H2,1-2H3,(H,24,26)(H,25,27)/t16-/m0/s1. The Morgan fingerprint density at radius 3 is 2.38 bits per heavy atom. The lowest BCUT2D eigenvalue weighted by Gasteiger charge is -2.11. The van der Waals surface area contributed by atoms with E-state index >= 15 is 0 Å². The van der Waals surface area contributed by atoms with Gasteiger partial charge in [-0.3, -0.25) is 9.59 Å². The maximum absolute atomic E-state index is 12.2. The van der Waals surface area contributed by atoms with Crippen molar-refractivity contribution in [3.8, 4) is 5.75 Å². The van der Waals surface area contributed by atoms with Crippen LogP contribution in [-0.4, -0.2) is 18.4 Å². The number of hydrogen-bond acceptors (Lipinski definition) is 4. The van der Waals surface area contributed by atoms with Gasteiger partial charge in [-0.15, -0.1) is 0 Å². The average molecular weight is 392 g/mol. The van der Waals surface area contributed by atoms with Gasteiger partial charge in [-0.05, 0) is 60.4 Å². The minimum atomic E-state index is -0.359. The van der Waals surface area contributed by atoms with Crippen molar-refractivity contribution in [1.29, 1.82) is 0 Å². The fourth-order valence-corrected chi connectivity index (χ4v) is 2.75. The van der Waals surface area contributed by atoms with Gasteiger partial charge in [0.15, 0.2) is 12.4 Å². The Kier molecular flexibility index (Phi) is 6.68. The van der Waals surface area contributed by atoms with Crippen LogP contribution in [0.25, 0.3) is 0 Å². The van der Waals surface area contributed by atoms with Gasteiger partial charge in [0.1, 0.15) is 5.75 Å². The lowest BCUT2D eigenvalue weighted by atomic mass is 9.99. The number of furan rings is 1. The molecule has 1 aromatic heterocycles. The Balaban J connectivity index is 1.52. The summed E-state index contributed by atoms with van der Waals surface area (Å²) in [7, 11) is 0. The highest BCUT2D eigenvalue weighted by molar-refractivity contribution is 6.02. The molecule has 0 unspecified atom stereocenters. The third-order valence-electron chi connectivity index (χ3n) is 4.58. The van der Waals surface area contributed by atoms with Crippen molar-refractivity contribution in [3.05, 3.63) is 78.3 Å². The highest BCUT2D eigenvalue weighted by Gasteiger charge is 2.10. The summed E-state index contributed by atoms with van der Waals surface area (Å²) in [5, 5.41) is 5.48. The minimum absolute atomic E-state index is 0.105. The van der Waals surface area contributed by atoms with Gasteiger partial charge in [0.05, 0.1) is 6.26 Å². The molecule has 3 aromatic rings. The summed E-state index contributed by atoms with van der Waals surface area (Å²) >= 11 is 0. The molecule has 0 aliphatic carbocycles. The highest BCUT2D eigenvalue weighted by atomic mass is 16.5. The molecule has 0 bridgehead atoms. The number of hydrogen-bond donors (Lipinski definition) is 2. The molecule has 0 aliphatic heterocycles. The van der Waals surface area contributed by atoms with E-state index in [9.17, 15) is 9.59 Å². The molecule has 0 spiro atoms. The van der Waals surface area contributed by atoms with Crippen LogP contribution in [0.15, 0.2) is 71.3 Å². The fraction of sp³-hybridized carbons (Fsp3) is 0.217. The van der Waals surface area contributed by atoms with Gasteiger partial charge >= 0.3 is 0 Å². The molecule has 1 heterocycles. The molecule has 0 fully saturated rings. The predicted molar refractivity (Wildman–Crippen MR) is 112 cm³/mol. The summed E-state index contributed by atoms with van der Waals surface area (Å²) in [4.78, 5) is 24.2. The number of benzene rings is 2. The van der Waals surface area contributed by atoms with Crippen LogP contribution in [-0.2, 0) is 4.79 Å². The second-order valence-corrected chi connectivity index (χ2v) is 6.73. The third-order valence-corrected chi connectivity index (χ3v) is 4.58. The van der Waals surface area contributed by atoms with E-state index in [1.165, 1.54) is 11.8 Å². The average Bonchev–Trinajstić information content (AvgIpc) is 3.27. The van der Waals surface area contributed by atoms with Crippen molar-refractivity contribution in [2.24, 2.45) is 0 Å². The van der Waals surface area contributed by atoms with E-state index in [0.29, 0.717) is 23.0 Å². The quantitative estimate of drug-likeness (QED) is 0.561. The largest absolute Gasteiger partial charge is 0.484 e. The molecule has 6 nitrogen and oxygen atoms in total. The smallest absolute Gasteiger partial charge is 0.291 e. The SMILES string of the molecule is CC[C@H](C)c1ccc(OCC(=O)Nc2cccc(NC(=O)c3ccco3)c2)cc1. The molecular formula is C23H24N2O4. The maximum Gasteiger partial charge on any atom is 0.291 e. The second kappa shape index (κ2) is 9.59. The summed E-state index contributed by atoms with van der Waals surface area (Å²) < 4.78 is 10.6. The maximum atomic E-state index is 12.2. The molecular weight excluding hydrogens is 368 g/mol. The molecule has 6 heteroatoms. The first kappa shape index (κ1) is 20.2. The van der Waals surface area contributed by atoms with Crippen LogP contribution < -0.4 is 15.4 Å². The first-order chi connectivity index (χ1) is 14.0. The Labute approximate surface area is 169 Å². The summed E-state index contributed by atoms with van der Waals surface area (Å²) in [6.45, 7) is 4.22. The Morgan fingerprint density at radius 2 is 1.72 bits per heavy atom.